The van der Waals surface area contributed by atoms with E-state index in [2.05, 4.69) is 16.0 Å². The topological polar surface area (TPSA) is 270 Å². The summed E-state index contributed by atoms with van der Waals surface area (Å²) < 4.78 is 68.9. The Labute approximate surface area is 607 Å². The van der Waals surface area contributed by atoms with E-state index in [0.717, 1.165) is 70.3 Å². The minimum atomic E-state index is -4.77. The van der Waals surface area contributed by atoms with Gasteiger partial charge in [0.25, 0.3) is 0 Å². The maximum Gasteiger partial charge on any atom is 0.417 e. The molecule has 4 saturated heterocycles. The van der Waals surface area contributed by atoms with Gasteiger partial charge in [0.2, 0.25) is 77.3 Å². The van der Waals surface area contributed by atoms with Crippen LogP contribution in [0.2, 0.25) is 5.02 Å². The van der Waals surface area contributed by atoms with Gasteiger partial charge in [-0.2, -0.15) is 13.2 Å². The average molecular weight is 1480 g/mol. The first kappa shape index (κ1) is 83.1. The van der Waals surface area contributed by atoms with Crippen molar-refractivity contribution in [1.82, 2.24) is 60.0 Å². The van der Waals surface area contributed by atoms with Crippen molar-refractivity contribution < 1.29 is 79.5 Å². The second kappa shape index (κ2) is 36.7. The Balaban J connectivity index is 1.29. The van der Waals surface area contributed by atoms with Gasteiger partial charge in [-0.3, -0.25) is 57.5 Å². The molecule has 10 atom stereocenters. The molecule has 3 N–H and O–H groups in total. The maximum absolute atomic E-state index is 15.5. The monoisotopic (exact) mass is 1480 g/mol. The van der Waals surface area contributed by atoms with Gasteiger partial charge >= 0.3 is 6.18 Å². The van der Waals surface area contributed by atoms with Gasteiger partial charge in [-0.05, 0) is 126 Å². The van der Waals surface area contributed by atoms with Crippen molar-refractivity contribution >= 4 is 82.5 Å². The zero-order valence-electron chi connectivity index (χ0n) is 61.9. The summed E-state index contributed by atoms with van der Waals surface area (Å²) >= 11 is 6.15. The number of unbranched alkanes of at least 4 members (excludes halogenated alkanes) is 1. The molecule has 576 valence electrons. The summed E-state index contributed by atoms with van der Waals surface area (Å²) in [5.41, 5.74) is -2.43. The number of nitrogens with zero attached hydrogens (tertiary/aromatic N) is 9. The van der Waals surface area contributed by atoms with Crippen LogP contribution in [0.5, 0.6) is 0 Å². The summed E-state index contributed by atoms with van der Waals surface area (Å²) in [6.45, 7) is 8.43. The number of likely N-dealkylation sites (N-methyl/N-ethyl adjacent to an activating group) is 6. The highest BCUT2D eigenvalue weighted by Gasteiger charge is 2.52. The lowest BCUT2D eigenvalue weighted by atomic mass is 9.84. The molecule has 0 radical (unpaired) electrons. The lowest BCUT2D eigenvalue weighted by molar-refractivity contribution is -0.160. The average Bonchev–Trinajstić information content (AvgIpc) is 1.77. The fraction of sp³-hybridized carbons (Fsp3) is 0.753. The molecule has 1 spiro atoms. The highest BCUT2D eigenvalue weighted by atomic mass is 35.5. The van der Waals surface area contributed by atoms with E-state index in [9.17, 15) is 55.5 Å². The zero-order valence-corrected chi connectivity index (χ0v) is 62.7. The van der Waals surface area contributed by atoms with Gasteiger partial charge < -0.3 is 60.0 Å². The molecule has 103 heavy (non-hydrogen) atoms. The van der Waals surface area contributed by atoms with Crippen LogP contribution in [0.4, 0.5) is 22.0 Å². The first-order valence-electron chi connectivity index (χ1n) is 37.1. The second-order valence-electron chi connectivity index (χ2n) is 30.0. The van der Waals surface area contributed by atoms with Crippen molar-refractivity contribution in [3.8, 4) is 0 Å². The normalized spacial score (nSPS) is 27.3. The van der Waals surface area contributed by atoms with Crippen LogP contribution >= 0.6 is 11.6 Å². The molecule has 0 bridgehead atoms. The molecular weight excluding hydrogens is 1370 g/mol. The highest BCUT2D eigenvalue weighted by molar-refractivity contribution is 6.31. The second-order valence-corrected chi connectivity index (χ2v) is 30.4. The maximum atomic E-state index is 15.5. The molecule has 4 heterocycles. The van der Waals surface area contributed by atoms with Gasteiger partial charge in [0.05, 0.1) is 23.6 Å². The quantitative estimate of drug-likeness (QED) is 0.128. The SMILES string of the molecule is CC[C@H](C)[C@@H]1NC(=O)[C@H](CCCCC(F)F)N(C)C(=O)C[C@@H](C(=O)N2CCCCC2)N(C)C(=O)[C@H](C(C)C)N(C)C(=O)C2(CCCC2)NC(=O)[C@@H]2CCCN2C(=O)[C@H](CCc2ccc(C(F)(F)F)c(Cl)c2)NC(=O)CN(C)C(=O)[C@H](CC2CCCCC2)N(C)C(=O)[C@@H]2CCN2C(=O)[C@H](C)N(C)C1=O. The fourth-order valence-electron chi connectivity index (χ4n) is 15.8. The minimum absolute atomic E-state index is 0.00478. The standard InChI is InChI=1S/C73H110ClF5N12O12/c1-12-45(4)60-69(101)84(7)46(5)64(96)91-39-33-54(91)67(99)86(9)55(41-47-24-15-13-16-25-47)66(98)83(6)43-58(92)80-51(32-30-48-29-31-49(50(74)40-48)73(77,78)79)65(97)90-38-23-27-53(90)63(95)82-72(34-19-20-35-72)71(103)88(11)61(44(2)3)70(102)87(10)56(68(100)89-36-21-14-22-37-89)42-59(93)85(8)52(62(94)81-60)26-17-18-28-57(75)76/h29,31,40,44-47,51-57,60-61H,12-28,30,32-39,41-43H2,1-11H3,(H,80,92)(H,81,94)(H,82,95)/t45-,46-,51-,52-,53-,54-,55-,56-,60-,61-/m0/s1. The summed E-state index contributed by atoms with van der Waals surface area (Å²) in [4.78, 5) is 191. The van der Waals surface area contributed by atoms with Crippen LogP contribution in [0.15, 0.2) is 18.2 Å². The minimum Gasteiger partial charge on any atom is -0.343 e. The number of halogens is 6. The Hall–Kier alpha value is -7.20. The van der Waals surface area contributed by atoms with Crippen molar-refractivity contribution in [2.75, 3.05) is 75.0 Å². The van der Waals surface area contributed by atoms with Gasteiger partial charge in [-0.1, -0.05) is 103 Å². The number of carbonyl (C=O) groups excluding carboxylic acids is 12. The lowest BCUT2D eigenvalue weighted by Gasteiger charge is -2.45. The third-order valence-electron chi connectivity index (χ3n) is 22.6. The Morgan fingerprint density at radius 1 is 0.641 bits per heavy atom. The number of rotatable bonds is 14. The van der Waals surface area contributed by atoms with Crippen LogP contribution in [0.25, 0.3) is 0 Å². The number of aryl methyl sites for hydroxylation is 1. The van der Waals surface area contributed by atoms with E-state index in [4.69, 9.17) is 11.6 Å². The summed E-state index contributed by atoms with van der Waals surface area (Å²) in [6, 6.07) is -8.59. The number of hydrogen-bond donors (Lipinski definition) is 3. The number of likely N-dealkylation sites (tertiary alicyclic amines) is 1. The Kier molecular flexibility index (Phi) is 29.6. The van der Waals surface area contributed by atoms with Gasteiger partial charge in [-0.15, -0.1) is 0 Å². The summed E-state index contributed by atoms with van der Waals surface area (Å²) in [6.07, 6.45) is -0.469. The van der Waals surface area contributed by atoms with Crippen molar-refractivity contribution in [1.29, 1.82) is 0 Å². The fourth-order valence-corrected chi connectivity index (χ4v) is 16.1. The van der Waals surface area contributed by atoms with Crippen LogP contribution in [-0.4, -0.2) is 256 Å². The van der Waals surface area contributed by atoms with E-state index in [1.54, 1.807) is 32.6 Å². The molecule has 1 aromatic carbocycles. The molecular formula is C73H110ClF5N12O12. The number of amides is 12. The number of nitrogens with one attached hydrogen (secondary N) is 3. The molecule has 30 heteroatoms. The van der Waals surface area contributed by atoms with Crippen molar-refractivity contribution in [3.63, 3.8) is 0 Å². The predicted octanol–water partition coefficient (Wildman–Crippen LogP) is 6.81. The van der Waals surface area contributed by atoms with Crippen LogP contribution < -0.4 is 16.0 Å². The smallest absolute Gasteiger partial charge is 0.343 e. The molecule has 2 saturated carbocycles. The largest absolute Gasteiger partial charge is 0.417 e. The molecule has 12 amide bonds. The Bertz CT molecular complexity index is 3220. The Morgan fingerprint density at radius 3 is 1.87 bits per heavy atom. The molecule has 7 rings (SSSR count). The van der Waals surface area contributed by atoms with Crippen molar-refractivity contribution in [3.05, 3.63) is 34.3 Å². The molecule has 0 unspecified atom stereocenters. The number of carbonyl (C=O) groups is 12. The molecule has 6 fully saturated rings. The van der Waals surface area contributed by atoms with E-state index in [1.165, 1.54) is 74.9 Å². The van der Waals surface area contributed by atoms with Crippen LogP contribution in [-0.2, 0) is 70.1 Å². The summed E-state index contributed by atoms with van der Waals surface area (Å²) in [5.74, 6) is -9.65. The molecule has 0 aromatic heterocycles. The molecule has 4 aliphatic heterocycles. The molecule has 24 nitrogen and oxygen atoms in total. The first-order chi connectivity index (χ1) is 48.5. The lowest BCUT2D eigenvalue weighted by Crippen LogP contribution is -2.65. The Morgan fingerprint density at radius 2 is 1.28 bits per heavy atom. The van der Waals surface area contributed by atoms with Gasteiger partial charge in [0, 0.05) is 74.9 Å². The third kappa shape index (κ3) is 20.2. The van der Waals surface area contributed by atoms with E-state index in [-0.39, 0.29) is 88.8 Å². The first-order valence-corrected chi connectivity index (χ1v) is 37.5. The number of fused-ring (bicyclic) bond motifs is 2. The zero-order chi connectivity index (χ0) is 76.1. The van der Waals surface area contributed by atoms with Gasteiger partial charge in [0.15, 0.2) is 0 Å². The molecule has 1 aromatic rings. The van der Waals surface area contributed by atoms with Crippen molar-refractivity contribution in [2.45, 2.75) is 261 Å². The number of piperidine rings is 1. The molecule has 6 aliphatic rings. The third-order valence-corrected chi connectivity index (χ3v) is 22.9. The van der Waals surface area contributed by atoms with E-state index >= 15 is 24.0 Å². The van der Waals surface area contributed by atoms with Gasteiger partial charge in [0.1, 0.15) is 59.9 Å². The summed E-state index contributed by atoms with van der Waals surface area (Å²) in [5, 5.41) is 8.00. The van der Waals surface area contributed by atoms with Crippen LogP contribution in [0, 0.1) is 17.8 Å². The number of hydrogen-bond acceptors (Lipinski definition) is 12. The highest BCUT2D eigenvalue weighted by Crippen LogP contribution is 2.38. The van der Waals surface area contributed by atoms with Crippen molar-refractivity contribution in [2.24, 2.45) is 17.8 Å². The summed E-state index contributed by atoms with van der Waals surface area (Å²) in [7, 11) is 8.28. The van der Waals surface area contributed by atoms with E-state index < -0.39 is 185 Å². The van der Waals surface area contributed by atoms with Crippen LogP contribution in [0.3, 0.4) is 0 Å². The van der Waals surface area contributed by atoms with Gasteiger partial charge in [-0.25, -0.2) is 8.78 Å². The number of benzene rings is 1. The van der Waals surface area contributed by atoms with E-state index in [0.29, 0.717) is 51.6 Å². The van der Waals surface area contributed by atoms with Crippen LogP contribution in [0.1, 0.15) is 193 Å². The predicted molar refractivity (Wildman–Crippen MR) is 374 cm³/mol. The number of alkyl halides is 5. The van der Waals surface area contributed by atoms with E-state index in [1.807, 2.05) is 0 Å². The molecule has 2 aliphatic carbocycles.